The number of nitrogens with one attached hydrogen (secondary N) is 2. The number of benzene rings is 2. The Hall–Kier alpha value is -3.31. The van der Waals surface area contributed by atoms with Crippen molar-refractivity contribution in [2.24, 2.45) is 0 Å². The number of fused-ring (bicyclic) bond motifs is 2. The SMILES string of the molecule is CCN(CC)CCOc1ccc(C2Nc3ccccc3-c3ccnc4[nH]cc2c34)cc1. The summed E-state index contributed by atoms with van der Waals surface area (Å²) < 4.78 is 5.98. The first kappa shape index (κ1) is 19.6. The molecule has 1 atom stereocenters. The van der Waals surface area contributed by atoms with E-state index < -0.39 is 0 Å². The van der Waals surface area contributed by atoms with Gasteiger partial charge in [-0.05, 0) is 48.5 Å². The summed E-state index contributed by atoms with van der Waals surface area (Å²) in [5.41, 5.74) is 6.88. The van der Waals surface area contributed by atoms with Crippen molar-refractivity contribution in [3.05, 3.63) is 78.1 Å². The molecule has 5 heteroatoms. The Balaban J connectivity index is 1.45. The molecule has 2 aromatic carbocycles. The number of ether oxygens (including phenoxy) is 1. The van der Waals surface area contributed by atoms with Gasteiger partial charge in [0, 0.05) is 41.1 Å². The monoisotopic (exact) mass is 412 g/mol. The number of rotatable bonds is 7. The van der Waals surface area contributed by atoms with Crippen molar-refractivity contribution in [3.8, 4) is 16.9 Å². The van der Waals surface area contributed by atoms with E-state index in [1.807, 2.05) is 6.20 Å². The summed E-state index contributed by atoms with van der Waals surface area (Å²) in [6, 6.07) is 19.1. The van der Waals surface area contributed by atoms with Crippen LogP contribution in [-0.4, -0.2) is 41.1 Å². The van der Waals surface area contributed by atoms with E-state index in [4.69, 9.17) is 4.74 Å². The second-order valence-corrected chi connectivity index (χ2v) is 7.89. The summed E-state index contributed by atoms with van der Waals surface area (Å²) in [6.45, 7) is 8.11. The molecule has 0 fully saturated rings. The average Bonchev–Trinajstić information content (AvgIpc) is 3.19. The minimum absolute atomic E-state index is 0.0325. The number of para-hydroxylation sites is 1. The zero-order valence-corrected chi connectivity index (χ0v) is 18.1. The highest BCUT2D eigenvalue weighted by Gasteiger charge is 2.25. The first-order valence-electron chi connectivity index (χ1n) is 11.1. The zero-order valence-electron chi connectivity index (χ0n) is 18.1. The third-order valence-corrected chi connectivity index (χ3v) is 6.22. The lowest BCUT2D eigenvalue weighted by atomic mass is 9.97. The van der Waals surface area contributed by atoms with Gasteiger partial charge in [-0.25, -0.2) is 4.98 Å². The number of H-pyrrole nitrogens is 1. The van der Waals surface area contributed by atoms with E-state index in [-0.39, 0.29) is 6.04 Å². The van der Waals surface area contributed by atoms with Gasteiger partial charge in [-0.1, -0.05) is 44.2 Å². The van der Waals surface area contributed by atoms with Gasteiger partial charge in [0.1, 0.15) is 18.0 Å². The highest BCUT2D eigenvalue weighted by atomic mass is 16.5. The van der Waals surface area contributed by atoms with E-state index >= 15 is 0 Å². The van der Waals surface area contributed by atoms with Crippen LogP contribution in [0.5, 0.6) is 5.75 Å². The van der Waals surface area contributed by atoms with E-state index in [2.05, 4.69) is 94.8 Å². The zero-order chi connectivity index (χ0) is 21.2. The number of hydrogen-bond acceptors (Lipinski definition) is 4. The molecule has 1 aliphatic rings. The minimum atomic E-state index is 0.0325. The summed E-state index contributed by atoms with van der Waals surface area (Å²) in [5, 5.41) is 4.95. The smallest absolute Gasteiger partial charge is 0.138 e. The summed E-state index contributed by atoms with van der Waals surface area (Å²) in [5.74, 6) is 0.909. The molecule has 5 nitrogen and oxygen atoms in total. The fourth-order valence-corrected chi connectivity index (χ4v) is 4.46. The van der Waals surface area contributed by atoms with Crippen LogP contribution in [0.25, 0.3) is 22.2 Å². The molecule has 0 amide bonds. The van der Waals surface area contributed by atoms with Crippen LogP contribution in [-0.2, 0) is 0 Å². The number of aromatic nitrogens is 2. The van der Waals surface area contributed by atoms with Gasteiger partial charge in [0.25, 0.3) is 0 Å². The van der Waals surface area contributed by atoms with Crippen molar-refractivity contribution in [1.29, 1.82) is 0 Å². The number of nitrogens with zero attached hydrogens (tertiary/aromatic N) is 2. The molecule has 0 saturated carbocycles. The Labute approximate surface area is 183 Å². The molecule has 0 aliphatic carbocycles. The predicted octanol–water partition coefficient (Wildman–Crippen LogP) is 5.47. The third kappa shape index (κ3) is 3.66. The highest BCUT2D eigenvalue weighted by Crippen LogP contribution is 2.43. The maximum Gasteiger partial charge on any atom is 0.138 e. The first-order valence-corrected chi connectivity index (χ1v) is 11.1. The molecule has 5 rings (SSSR count). The van der Waals surface area contributed by atoms with Gasteiger partial charge in [-0.3, -0.25) is 0 Å². The van der Waals surface area contributed by atoms with Gasteiger partial charge in [0.05, 0.1) is 6.04 Å². The van der Waals surface area contributed by atoms with E-state index in [0.717, 1.165) is 36.7 Å². The molecule has 0 spiro atoms. The topological polar surface area (TPSA) is 53.2 Å². The van der Waals surface area contributed by atoms with E-state index in [1.165, 1.54) is 27.6 Å². The van der Waals surface area contributed by atoms with Gasteiger partial charge in [0.2, 0.25) is 0 Å². The fraction of sp³-hybridized carbons (Fsp3) is 0.269. The standard InChI is InChI=1S/C26H28N4O/c1-3-30(4-2)15-16-31-19-11-9-18(10-12-19)25-22-17-28-26-24(22)21(13-14-27-26)20-7-5-6-8-23(20)29-25/h5-14,17,25,29H,3-4,15-16H2,1-2H3,(H,27,28). The Morgan fingerprint density at radius 2 is 1.77 bits per heavy atom. The van der Waals surface area contributed by atoms with Crippen molar-refractivity contribution < 1.29 is 4.74 Å². The van der Waals surface area contributed by atoms with Gasteiger partial charge >= 0.3 is 0 Å². The first-order chi connectivity index (χ1) is 15.3. The molecule has 2 N–H and O–H groups in total. The molecule has 0 bridgehead atoms. The third-order valence-electron chi connectivity index (χ3n) is 6.22. The summed E-state index contributed by atoms with van der Waals surface area (Å²) in [7, 11) is 0. The number of aromatic amines is 1. The number of pyridine rings is 1. The lowest BCUT2D eigenvalue weighted by Crippen LogP contribution is -2.27. The van der Waals surface area contributed by atoms with Crippen LogP contribution in [0.1, 0.15) is 31.0 Å². The average molecular weight is 413 g/mol. The maximum absolute atomic E-state index is 5.98. The van der Waals surface area contributed by atoms with Crippen molar-refractivity contribution in [3.63, 3.8) is 0 Å². The second kappa shape index (κ2) is 8.44. The van der Waals surface area contributed by atoms with E-state index in [1.54, 1.807) is 0 Å². The Bertz CT molecular complexity index is 1180. The Kier molecular flexibility index (Phi) is 5.35. The van der Waals surface area contributed by atoms with Crippen LogP contribution >= 0.6 is 0 Å². The van der Waals surface area contributed by atoms with Gasteiger partial charge < -0.3 is 19.9 Å². The molecule has 2 aromatic heterocycles. The molecule has 31 heavy (non-hydrogen) atoms. The van der Waals surface area contributed by atoms with Gasteiger partial charge in [-0.15, -0.1) is 0 Å². The lowest BCUT2D eigenvalue weighted by Gasteiger charge is -2.20. The van der Waals surface area contributed by atoms with Gasteiger partial charge in [0.15, 0.2) is 0 Å². The number of likely N-dealkylation sites (N-methyl/N-ethyl adjacent to an activating group) is 1. The quantitative estimate of drug-likeness (QED) is 0.423. The highest BCUT2D eigenvalue weighted by molar-refractivity contribution is 6.01. The predicted molar refractivity (Wildman–Crippen MR) is 127 cm³/mol. The number of hydrogen-bond donors (Lipinski definition) is 2. The van der Waals surface area contributed by atoms with Crippen molar-refractivity contribution in [2.45, 2.75) is 19.9 Å². The molecule has 4 aromatic rings. The largest absolute Gasteiger partial charge is 0.492 e. The van der Waals surface area contributed by atoms with Crippen LogP contribution in [0, 0.1) is 0 Å². The van der Waals surface area contributed by atoms with Crippen LogP contribution in [0.2, 0.25) is 0 Å². The maximum atomic E-state index is 5.98. The molecular weight excluding hydrogens is 384 g/mol. The Morgan fingerprint density at radius 1 is 0.968 bits per heavy atom. The Morgan fingerprint density at radius 3 is 2.58 bits per heavy atom. The van der Waals surface area contributed by atoms with Crippen LogP contribution in [0.4, 0.5) is 5.69 Å². The summed E-state index contributed by atoms with van der Waals surface area (Å²) >= 11 is 0. The lowest BCUT2D eigenvalue weighted by molar-refractivity contribution is 0.223. The number of anilines is 1. The molecule has 1 aliphatic heterocycles. The summed E-state index contributed by atoms with van der Waals surface area (Å²) in [6.07, 6.45) is 3.96. The molecule has 0 radical (unpaired) electrons. The minimum Gasteiger partial charge on any atom is -0.492 e. The molecule has 1 unspecified atom stereocenters. The van der Waals surface area contributed by atoms with Gasteiger partial charge in [-0.2, -0.15) is 0 Å². The molecule has 3 heterocycles. The van der Waals surface area contributed by atoms with Crippen LogP contribution in [0.3, 0.4) is 0 Å². The van der Waals surface area contributed by atoms with Crippen LogP contribution < -0.4 is 10.1 Å². The molecular formula is C26H28N4O. The van der Waals surface area contributed by atoms with E-state index in [9.17, 15) is 0 Å². The van der Waals surface area contributed by atoms with Crippen molar-refractivity contribution in [2.75, 3.05) is 31.6 Å². The normalized spacial score (nSPS) is 14.9. The van der Waals surface area contributed by atoms with E-state index in [0.29, 0.717) is 6.61 Å². The second-order valence-electron chi connectivity index (χ2n) is 7.89. The van der Waals surface area contributed by atoms with Crippen molar-refractivity contribution >= 4 is 16.7 Å². The van der Waals surface area contributed by atoms with Crippen molar-refractivity contribution in [1.82, 2.24) is 14.9 Å². The summed E-state index contributed by atoms with van der Waals surface area (Å²) in [4.78, 5) is 10.3. The molecule has 158 valence electrons. The molecule has 0 saturated heterocycles. The fourth-order valence-electron chi connectivity index (χ4n) is 4.46. The van der Waals surface area contributed by atoms with Crippen LogP contribution in [0.15, 0.2) is 67.0 Å².